The highest BCUT2D eigenvalue weighted by Gasteiger charge is 2.11. The van der Waals surface area contributed by atoms with Crippen molar-refractivity contribution in [3.05, 3.63) is 89.5 Å². The van der Waals surface area contributed by atoms with Crippen LogP contribution in [0, 0.1) is 5.82 Å². The third-order valence-electron chi connectivity index (χ3n) is 4.70. The average molecular weight is 382 g/mol. The molecule has 148 valence electrons. The zero-order chi connectivity index (χ0) is 19.8. The van der Waals surface area contributed by atoms with E-state index in [1.165, 1.54) is 17.3 Å². The Bertz CT molecular complexity index is 878. The number of halogens is 1. The van der Waals surface area contributed by atoms with E-state index in [0.717, 1.165) is 30.9 Å². The molecule has 0 saturated carbocycles. The van der Waals surface area contributed by atoms with E-state index >= 15 is 0 Å². The van der Waals surface area contributed by atoms with Crippen molar-refractivity contribution in [1.82, 2.24) is 9.47 Å². The van der Waals surface area contributed by atoms with Crippen LogP contribution < -0.4 is 4.74 Å². The van der Waals surface area contributed by atoms with Gasteiger partial charge in [-0.1, -0.05) is 24.3 Å². The first-order valence-corrected chi connectivity index (χ1v) is 9.40. The molecule has 0 spiro atoms. The molecule has 0 unspecified atom stereocenters. The Morgan fingerprint density at radius 2 is 1.75 bits per heavy atom. The summed E-state index contributed by atoms with van der Waals surface area (Å²) in [6, 6.07) is 19.1. The van der Waals surface area contributed by atoms with Gasteiger partial charge in [-0.3, -0.25) is 4.90 Å². The number of hydrogen-bond acceptors (Lipinski definition) is 3. The second-order valence-corrected chi connectivity index (χ2v) is 6.81. The van der Waals surface area contributed by atoms with Crippen molar-refractivity contribution in [1.29, 1.82) is 0 Å². The summed E-state index contributed by atoms with van der Waals surface area (Å²) in [5.74, 6) is 0.657. The minimum atomic E-state index is -0.203. The summed E-state index contributed by atoms with van der Waals surface area (Å²) in [6.45, 7) is 3.61. The molecule has 3 rings (SSSR count). The summed E-state index contributed by atoms with van der Waals surface area (Å²) < 4.78 is 26.4. The van der Waals surface area contributed by atoms with Gasteiger partial charge >= 0.3 is 0 Å². The molecule has 0 radical (unpaired) electrons. The minimum Gasteiger partial charge on any atom is -0.497 e. The first-order valence-electron chi connectivity index (χ1n) is 9.40. The lowest BCUT2D eigenvalue weighted by Gasteiger charge is -2.23. The lowest BCUT2D eigenvalue weighted by molar-refractivity contribution is 0.138. The van der Waals surface area contributed by atoms with E-state index in [1.807, 2.05) is 18.2 Å². The number of nitrogens with zero attached hydrogens (tertiary/aromatic N) is 2. The molecule has 0 N–H and O–H groups in total. The molecule has 0 aliphatic rings. The average Bonchev–Trinajstić information content (AvgIpc) is 3.13. The predicted octanol–water partition coefficient (Wildman–Crippen LogP) is 4.33. The van der Waals surface area contributed by atoms with Gasteiger partial charge in [-0.25, -0.2) is 4.39 Å². The molecule has 0 aliphatic heterocycles. The first-order chi connectivity index (χ1) is 13.7. The molecule has 1 heterocycles. The Balaban J connectivity index is 1.73. The van der Waals surface area contributed by atoms with Gasteiger partial charge in [-0.05, 0) is 47.5 Å². The summed E-state index contributed by atoms with van der Waals surface area (Å²) in [5.41, 5.74) is 3.35. The summed E-state index contributed by atoms with van der Waals surface area (Å²) in [5, 5.41) is 0. The van der Waals surface area contributed by atoms with Crippen molar-refractivity contribution in [3.63, 3.8) is 0 Å². The Morgan fingerprint density at radius 1 is 0.929 bits per heavy atom. The van der Waals surface area contributed by atoms with Crippen LogP contribution in [0.3, 0.4) is 0 Å². The quantitative estimate of drug-likeness (QED) is 0.522. The van der Waals surface area contributed by atoms with Crippen LogP contribution >= 0.6 is 0 Å². The van der Waals surface area contributed by atoms with E-state index in [9.17, 15) is 4.39 Å². The highest BCUT2D eigenvalue weighted by atomic mass is 19.1. The van der Waals surface area contributed by atoms with Crippen molar-refractivity contribution >= 4 is 0 Å². The lowest BCUT2D eigenvalue weighted by Crippen LogP contribution is -2.27. The second kappa shape index (κ2) is 10.1. The van der Waals surface area contributed by atoms with Crippen LogP contribution in [0.15, 0.2) is 66.9 Å². The SMILES string of the molecule is COCCN(Cc1cccc(F)c1)Cc1cccn1Cc1cccc(OC)c1. The van der Waals surface area contributed by atoms with Crippen molar-refractivity contribution in [2.75, 3.05) is 27.4 Å². The van der Waals surface area contributed by atoms with Crippen LogP contribution in [-0.2, 0) is 24.4 Å². The monoisotopic (exact) mass is 382 g/mol. The molecule has 0 atom stereocenters. The molecule has 28 heavy (non-hydrogen) atoms. The summed E-state index contributed by atoms with van der Waals surface area (Å²) >= 11 is 0. The maximum atomic E-state index is 13.6. The van der Waals surface area contributed by atoms with E-state index in [2.05, 4.69) is 39.9 Å². The van der Waals surface area contributed by atoms with Gasteiger partial charge in [0, 0.05) is 45.2 Å². The molecule has 0 amide bonds. The summed E-state index contributed by atoms with van der Waals surface area (Å²) in [4.78, 5) is 2.27. The van der Waals surface area contributed by atoms with Gasteiger partial charge in [0.25, 0.3) is 0 Å². The van der Waals surface area contributed by atoms with Gasteiger partial charge in [0.05, 0.1) is 13.7 Å². The van der Waals surface area contributed by atoms with Gasteiger partial charge < -0.3 is 14.0 Å². The van der Waals surface area contributed by atoms with Gasteiger partial charge in [-0.15, -0.1) is 0 Å². The molecule has 1 aromatic heterocycles. The smallest absolute Gasteiger partial charge is 0.123 e. The number of methoxy groups -OCH3 is 2. The highest BCUT2D eigenvalue weighted by molar-refractivity contribution is 5.29. The lowest BCUT2D eigenvalue weighted by atomic mass is 10.2. The Morgan fingerprint density at radius 3 is 2.54 bits per heavy atom. The summed E-state index contributed by atoms with van der Waals surface area (Å²) in [7, 11) is 3.38. The maximum absolute atomic E-state index is 13.6. The summed E-state index contributed by atoms with van der Waals surface area (Å²) in [6.07, 6.45) is 2.09. The molecule has 2 aromatic carbocycles. The third-order valence-corrected chi connectivity index (χ3v) is 4.70. The zero-order valence-electron chi connectivity index (χ0n) is 16.5. The van der Waals surface area contributed by atoms with Crippen LogP contribution in [0.5, 0.6) is 5.75 Å². The number of hydrogen-bond donors (Lipinski definition) is 0. The van der Waals surface area contributed by atoms with Crippen LogP contribution in [0.25, 0.3) is 0 Å². The van der Waals surface area contributed by atoms with Gasteiger partial charge in [-0.2, -0.15) is 0 Å². The molecule has 0 fully saturated rings. The molecular formula is C23H27FN2O2. The third kappa shape index (κ3) is 5.68. The van der Waals surface area contributed by atoms with E-state index < -0.39 is 0 Å². The normalized spacial score (nSPS) is 11.1. The zero-order valence-corrected chi connectivity index (χ0v) is 16.5. The van der Waals surface area contributed by atoms with Gasteiger partial charge in [0.1, 0.15) is 11.6 Å². The van der Waals surface area contributed by atoms with Crippen molar-refractivity contribution in [2.24, 2.45) is 0 Å². The number of aromatic nitrogens is 1. The Hall–Kier alpha value is -2.63. The second-order valence-electron chi connectivity index (χ2n) is 6.81. The van der Waals surface area contributed by atoms with Crippen LogP contribution in [-0.4, -0.2) is 36.8 Å². The van der Waals surface area contributed by atoms with E-state index in [-0.39, 0.29) is 5.82 Å². The highest BCUT2D eigenvalue weighted by Crippen LogP contribution is 2.17. The fourth-order valence-corrected chi connectivity index (χ4v) is 3.27. The predicted molar refractivity (Wildman–Crippen MR) is 109 cm³/mol. The van der Waals surface area contributed by atoms with Gasteiger partial charge in [0.2, 0.25) is 0 Å². The molecular weight excluding hydrogens is 355 g/mol. The van der Waals surface area contributed by atoms with Gasteiger partial charge in [0.15, 0.2) is 0 Å². The fraction of sp³-hybridized carbons (Fsp3) is 0.304. The van der Waals surface area contributed by atoms with Crippen molar-refractivity contribution < 1.29 is 13.9 Å². The van der Waals surface area contributed by atoms with Crippen LogP contribution in [0.2, 0.25) is 0 Å². The molecule has 4 nitrogen and oxygen atoms in total. The standard InChI is InChI=1S/C23H27FN2O2/c1-27-13-12-25(16-19-6-3-8-21(24)14-19)18-22-9-5-11-26(22)17-20-7-4-10-23(15-20)28-2/h3-11,14-15H,12-13,16-18H2,1-2H3. The molecule has 0 bridgehead atoms. The molecule has 5 heteroatoms. The maximum Gasteiger partial charge on any atom is 0.123 e. The Kier molecular flexibility index (Phi) is 7.23. The molecule has 0 saturated heterocycles. The van der Waals surface area contributed by atoms with Crippen molar-refractivity contribution in [2.45, 2.75) is 19.6 Å². The number of ether oxygens (including phenoxy) is 2. The first kappa shape index (κ1) is 20.1. The van der Waals surface area contributed by atoms with Crippen LogP contribution in [0.4, 0.5) is 4.39 Å². The number of benzene rings is 2. The van der Waals surface area contributed by atoms with Crippen LogP contribution in [0.1, 0.15) is 16.8 Å². The molecule has 0 aliphatic carbocycles. The molecule has 3 aromatic rings. The van der Waals surface area contributed by atoms with E-state index in [4.69, 9.17) is 9.47 Å². The number of rotatable bonds is 10. The van der Waals surface area contributed by atoms with Crippen molar-refractivity contribution in [3.8, 4) is 5.75 Å². The topological polar surface area (TPSA) is 26.6 Å². The largest absolute Gasteiger partial charge is 0.497 e. The fourth-order valence-electron chi connectivity index (χ4n) is 3.27. The van der Waals surface area contributed by atoms with E-state index in [0.29, 0.717) is 13.2 Å². The minimum absolute atomic E-state index is 0.203. The Labute approximate surface area is 166 Å². The van der Waals surface area contributed by atoms with E-state index in [1.54, 1.807) is 26.4 Å².